The summed E-state index contributed by atoms with van der Waals surface area (Å²) in [5.41, 5.74) is 5.86. The highest BCUT2D eigenvalue weighted by atomic mass is 32.2. The number of ether oxygens (including phenoxy) is 1. The molecule has 20 heavy (non-hydrogen) atoms. The third kappa shape index (κ3) is 2.52. The van der Waals surface area contributed by atoms with Gasteiger partial charge in [-0.05, 0) is 37.2 Å². The van der Waals surface area contributed by atoms with Gasteiger partial charge in [0, 0.05) is 12.8 Å². The predicted molar refractivity (Wildman–Crippen MR) is 77.1 cm³/mol. The normalized spacial score (nSPS) is 25.7. The van der Waals surface area contributed by atoms with Crippen LogP contribution in [0, 0.1) is 0 Å². The van der Waals surface area contributed by atoms with Gasteiger partial charge in [-0.25, -0.2) is 4.79 Å². The fourth-order valence-corrected chi connectivity index (χ4v) is 4.32. The number of nitrogens with zero attached hydrogens (tertiary/aromatic N) is 2. The minimum absolute atomic E-state index is 0.0434. The first kappa shape index (κ1) is 13.8. The Labute approximate surface area is 121 Å². The van der Waals surface area contributed by atoms with Crippen LogP contribution in [0.4, 0.5) is 5.69 Å². The average molecular weight is 297 g/mol. The van der Waals surface area contributed by atoms with Gasteiger partial charge in [0.25, 0.3) is 0 Å². The summed E-state index contributed by atoms with van der Waals surface area (Å²) < 4.78 is 7.77. The predicted octanol–water partition coefficient (Wildman–Crippen LogP) is 1.78. The molecule has 3 N–H and O–H groups in total. The average Bonchev–Trinajstić information content (AvgIpc) is 2.82. The molecule has 3 heterocycles. The van der Waals surface area contributed by atoms with E-state index in [0.717, 1.165) is 37.2 Å². The lowest BCUT2D eigenvalue weighted by molar-refractivity contribution is -0.100. The van der Waals surface area contributed by atoms with Gasteiger partial charge in [0.05, 0.1) is 17.3 Å². The molecule has 0 amide bonds. The van der Waals surface area contributed by atoms with Crippen molar-refractivity contribution in [3.8, 4) is 0 Å². The largest absolute Gasteiger partial charge is 0.476 e. The molecule has 6 nitrogen and oxygen atoms in total. The molecule has 3 rings (SSSR count). The molecule has 2 saturated heterocycles. The van der Waals surface area contributed by atoms with Crippen LogP contribution in [-0.2, 0) is 4.74 Å². The SMILES string of the molecule is Nc1cn(C2CCOC3(CCSCC3)C2)nc1C(=O)O. The molecule has 1 unspecified atom stereocenters. The molecule has 2 aliphatic rings. The molecule has 1 spiro atoms. The molecule has 7 heteroatoms. The second-order valence-corrected chi connectivity index (χ2v) is 6.73. The minimum Gasteiger partial charge on any atom is -0.476 e. The summed E-state index contributed by atoms with van der Waals surface area (Å²) in [6, 6.07) is 0.183. The zero-order chi connectivity index (χ0) is 14.2. The number of carbonyl (C=O) groups is 1. The van der Waals surface area contributed by atoms with Crippen LogP contribution >= 0.6 is 11.8 Å². The van der Waals surface area contributed by atoms with Crippen molar-refractivity contribution < 1.29 is 14.6 Å². The van der Waals surface area contributed by atoms with Crippen molar-refractivity contribution in [1.29, 1.82) is 0 Å². The smallest absolute Gasteiger partial charge is 0.358 e. The Morgan fingerprint density at radius 1 is 1.55 bits per heavy atom. The van der Waals surface area contributed by atoms with Crippen LogP contribution in [0.15, 0.2) is 6.20 Å². The lowest BCUT2D eigenvalue weighted by Crippen LogP contribution is -2.43. The maximum Gasteiger partial charge on any atom is 0.358 e. The zero-order valence-electron chi connectivity index (χ0n) is 11.2. The highest BCUT2D eigenvalue weighted by molar-refractivity contribution is 7.99. The lowest BCUT2D eigenvalue weighted by Gasteiger charge is -2.43. The first-order valence-electron chi connectivity index (χ1n) is 6.89. The Bertz CT molecular complexity index is 505. The van der Waals surface area contributed by atoms with Gasteiger partial charge in [-0.15, -0.1) is 0 Å². The number of hydrogen-bond acceptors (Lipinski definition) is 5. The number of rotatable bonds is 2. The summed E-state index contributed by atoms with van der Waals surface area (Å²) >= 11 is 1.97. The van der Waals surface area contributed by atoms with Crippen LogP contribution < -0.4 is 5.73 Å². The van der Waals surface area contributed by atoms with Crippen LogP contribution in [0.5, 0.6) is 0 Å². The Balaban J connectivity index is 1.79. The molecule has 110 valence electrons. The summed E-state index contributed by atoms with van der Waals surface area (Å²) in [5.74, 6) is 1.19. The number of nitrogens with two attached hydrogens (primary N) is 1. The summed E-state index contributed by atoms with van der Waals surface area (Å²) in [6.07, 6.45) is 5.53. The van der Waals surface area contributed by atoms with Crippen LogP contribution in [-0.4, -0.2) is 44.6 Å². The number of nitrogen functional groups attached to an aromatic ring is 1. The van der Waals surface area contributed by atoms with Crippen LogP contribution in [0.3, 0.4) is 0 Å². The van der Waals surface area contributed by atoms with Crippen molar-refractivity contribution in [2.75, 3.05) is 23.8 Å². The Kier molecular flexibility index (Phi) is 3.64. The molecular weight excluding hydrogens is 278 g/mol. The molecule has 0 aromatic carbocycles. The molecule has 1 aromatic heterocycles. The van der Waals surface area contributed by atoms with Crippen molar-refractivity contribution >= 4 is 23.4 Å². The second-order valence-electron chi connectivity index (χ2n) is 5.51. The highest BCUT2D eigenvalue weighted by Gasteiger charge is 2.39. The van der Waals surface area contributed by atoms with E-state index in [4.69, 9.17) is 15.6 Å². The monoisotopic (exact) mass is 297 g/mol. The quantitative estimate of drug-likeness (QED) is 0.864. The number of aromatic nitrogens is 2. The molecule has 2 aliphatic heterocycles. The van der Waals surface area contributed by atoms with Crippen molar-refractivity contribution in [2.45, 2.75) is 37.3 Å². The highest BCUT2D eigenvalue weighted by Crippen LogP contribution is 2.41. The second kappa shape index (κ2) is 5.29. The van der Waals surface area contributed by atoms with Crippen molar-refractivity contribution in [2.24, 2.45) is 0 Å². The summed E-state index contributed by atoms with van der Waals surface area (Å²) in [7, 11) is 0. The third-order valence-corrected chi connectivity index (χ3v) is 5.19. The Hall–Kier alpha value is -1.21. The van der Waals surface area contributed by atoms with Gasteiger partial charge in [-0.1, -0.05) is 0 Å². The number of carboxylic acid groups (broad SMARTS) is 1. The molecule has 0 aliphatic carbocycles. The molecular formula is C13H19N3O3S. The van der Waals surface area contributed by atoms with E-state index in [1.54, 1.807) is 10.9 Å². The fourth-order valence-electron chi connectivity index (χ4n) is 3.08. The van der Waals surface area contributed by atoms with E-state index in [1.165, 1.54) is 0 Å². The zero-order valence-corrected chi connectivity index (χ0v) is 12.1. The Morgan fingerprint density at radius 3 is 2.95 bits per heavy atom. The van der Waals surface area contributed by atoms with Crippen molar-refractivity contribution in [1.82, 2.24) is 9.78 Å². The Morgan fingerprint density at radius 2 is 2.30 bits per heavy atom. The molecule has 0 bridgehead atoms. The lowest BCUT2D eigenvalue weighted by atomic mass is 9.85. The number of thioether (sulfide) groups is 1. The van der Waals surface area contributed by atoms with E-state index in [9.17, 15) is 4.79 Å². The molecule has 1 atom stereocenters. The number of aromatic carboxylic acids is 1. The summed E-state index contributed by atoms with van der Waals surface area (Å²) in [4.78, 5) is 11.0. The van der Waals surface area contributed by atoms with Crippen LogP contribution in [0.25, 0.3) is 0 Å². The molecule has 1 aromatic rings. The van der Waals surface area contributed by atoms with E-state index in [1.807, 2.05) is 11.8 Å². The number of hydrogen-bond donors (Lipinski definition) is 2. The van der Waals surface area contributed by atoms with Gasteiger partial charge >= 0.3 is 5.97 Å². The van der Waals surface area contributed by atoms with Crippen molar-refractivity contribution in [3.05, 3.63) is 11.9 Å². The van der Waals surface area contributed by atoms with Crippen LogP contribution in [0.1, 0.15) is 42.2 Å². The maximum absolute atomic E-state index is 11.0. The minimum atomic E-state index is -1.07. The number of carboxylic acids is 1. The fraction of sp³-hybridized carbons (Fsp3) is 0.692. The first-order chi connectivity index (χ1) is 9.60. The molecule has 2 fully saturated rings. The van der Waals surface area contributed by atoms with E-state index >= 15 is 0 Å². The molecule has 0 saturated carbocycles. The first-order valence-corrected chi connectivity index (χ1v) is 8.05. The summed E-state index contributed by atoms with van der Waals surface area (Å²) in [6.45, 7) is 0.706. The maximum atomic E-state index is 11.0. The third-order valence-electron chi connectivity index (χ3n) is 4.21. The molecule has 0 radical (unpaired) electrons. The van der Waals surface area contributed by atoms with E-state index in [0.29, 0.717) is 6.61 Å². The van der Waals surface area contributed by atoms with Crippen molar-refractivity contribution in [3.63, 3.8) is 0 Å². The van der Waals surface area contributed by atoms with Gasteiger partial charge in [0.1, 0.15) is 0 Å². The standard InChI is InChI=1S/C13H19N3O3S/c14-10-8-16(15-11(10)12(17)18)9-1-4-19-13(7-9)2-5-20-6-3-13/h8-9H,1-7,14H2,(H,17,18). The van der Waals surface area contributed by atoms with Gasteiger partial charge in [0.15, 0.2) is 5.69 Å². The van der Waals surface area contributed by atoms with Gasteiger partial charge < -0.3 is 15.6 Å². The summed E-state index contributed by atoms with van der Waals surface area (Å²) in [5, 5.41) is 13.2. The van der Waals surface area contributed by atoms with Crippen LogP contribution in [0.2, 0.25) is 0 Å². The van der Waals surface area contributed by atoms with Gasteiger partial charge in [-0.2, -0.15) is 16.9 Å². The number of anilines is 1. The van der Waals surface area contributed by atoms with E-state index in [2.05, 4.69) is 5.10 Å². The van der Waals surface area contributed by atoms with Gasteiger partial charge in [0.2, 0.25) is 0 Å². The van der Waals surface area contributed by atoms with E-state index < -0.39 is 5.97 Å². The van der Waals surface area contributed by atoms with Gasteiger partial charge in [-0.3, -0.25) is 4.68 Å². The van der Waals surface area contributed by atoms with E-state index in [-0.39, 0.29) is 23.0 Å². The topological polar surface area (TPSA) is 90.4 Å².